The van der Waals surface area contributed by atoms with Gasteiger partial charge in [0, 0.05) is 12.4 Å². The average Bonchev–Trinajstić information content (AvgIpc) is 3.58. The highest BCUT2D eigenvalue weighted by molar-refractivity contribution is 5.88. The molecule has 0 radical (unpaired) electrons. The zero-order valence-electron chi connectivity index (χ0n) is 15.5. The summed E-state index contributed by atoms with van der Waals surface area (Å²) < 4.78 is 83.7. The van der Waals surface area contributed by atoms with Gasteiger partial charge in [0.2, 0.25) is 11.1 Å². The Morgan fingerprint density at radius 1 is 0.667 bits per heavy atom. The Balaban J connectivity index is 1.26. The van der Waals surface area contributed by atoms with Gasteiger partial charge in [-0.05, 0) is 28.7 Å². The number of aliphatic imine (C=N–C) groups is 2. The van der Waals surface area contributed by atoms with Crippen molar-refractivity contribution >= 4 is 12.4 Å². The number of hydrogen-bond donors (Lipinski definition) is 0. The van der Waals surface area contributed by atoms with Crippen molar-refractivity contribution in [3.63, 3.8) is 0 Å². The van der Waals surface area contributed by atoms with E-state index in [0.717, 1.165) is 18.0 Å². The number of alkyl halides is 6. The maximum Gasteiger partial charge on any atom is 0.422 e. The minimum atomic E-state index is -4.45. The first kappa shape index (κ1) is 20.6. The fourth-order valence-electron chi connectivity index (χ4n) is 3.21. The molecule has 3 nitrogen and oxygen atoms in total. The van der Waals surface area contributed by atoms with Crippen LogP contribution in [0.15, 0.2) is 58.5 Å². The van der Waals surface area contributed by atoms with Gasteiger partial charge in [0.25, 0.3) is 0 Å². The molecule has 0 spiro atoms. The lowest BCUT2D eigenvalue weighted by molar-refractivity contribution is -0.156. The lowest BCUT2D eigenvalue weighted by Crippen LogP contribution is -2.31. The SMILES string of the molecule is FC(F)(F)C1(c2ccc(CCOCc3ccc(C4(C(F)(F)F)C=N4)cc3)cc2)C=N1. The van der Waals surface area contributed by atoms with Gasteiger partial charge < -0.3 is 4.74 Å². The minimum Gasteiger partial charge on any atom is -0.376 e. The van der Waals surface area contributed by atoms with Crippen molar-refractivity contribution in [3.8, 4) is 0 Å². The summed E-state index contributed by atoms with van der Waals surface area (Å²) in [7, 11) is 0. The van der Waals surface area contributed by atoms with Crippen LogP contribution in [0.2, 0.25) is 0 Å². The highest BCUT2D eigenvalue weighted by Crippen LogP contribution is 2.48. The van der Waals surface area contributed by atoms with Crippen LogP contribution < -0.4 is 0 Å². The third kappa shape index (κ3) is 3.62. The summed E-state index contributed by atoms with van der Waals surface area (Å²) >= 11 is 0. The monoisotopic (exact) mass is 426 g/mol. The van der Waals surface area contributed by atoms with Crippen molar-refractivity contribution in [2.45, 2.75) is 36.5 Å². The molecule has 2 aliphatic heterocycles. The second-order valence-corrected chi connectivity index (χ2v) is 7.24. The van der Waals surface area contributed by atoms with Crippen molar-refractivity contribution in [1.29, 1.82) is 0 Å². The molecule has 2 heterocycles. The Bertz CT molecular complexity index is 881. The minimum absolute atomic E-state index is 0.0649. The molecule has 0 amide bonds. The van der Waals surface area contributed by atoms with Crippen LogP contribution in [0.25, 0.3) is 0 Å². The Hall–Kier alpha value is -2.68. The van der Waals surface area contributed by atoms with E-state index in [0.29, 0.717) is 18.6 Å². The van der Waals surface area contributed by atoms with Gasteiger partial charge in [0.15, 0.2) is 0 Å². The molecule has 2 aliphatic rings. The molecule has 2 aromatic carbocycles. The van der Waals surface area contributed by atoms with E-state index in [-0.39, 0.29) is 17.7 Å². The van der Waals surface area contributed by atoms with Crippen LogP contribution in [0.5, 0.6) is 0 Å². The highest BCUT2D eigenvalue weighted by Gasteiger charge is 2.62. The van der Waals surface area contributed by atoms with Crippen LogP contribution >= 0.6 is 0 Å². The fraction of sp³-hybridized carbons (Fsp3) is 0.333. The van der Waals surface area contributed by atoms with Crippen molar-refractivity contribution in [1.82, 2.24) is 0 Å². The summed E-state index contributed by atoms with van der Waals surface area (Å²) in [4.78, 5) is 6.81. The Labute approximate surface area is 168 Å². The lowest BCUT2D eigenvalue weighted by Gasteiger charge is -2.18. The fourth-order valence-corrected chi connectivity index (χ4v) is 3.21. The van der Waals surface area contributed by atoms with Crippen LogP contribution in [0, 0.1) is 0 Å². The Kier molecular flexibility index (Phi) is 4.76. The van der Waals surface area contributed by atoms with E-state index in [2.05, 4.69) is 9.98 Å². The Morgan fingerprint density at radius 2 is 1.07 bits per heavy atom. The van der Waals surface area contributed by atoms with E-state index < -0.39 is 23.4 Å². The maximum atomic E-state index is 13.0. The molecule has 2 aromatic rings. The highest BCUT2D eigenvalue weighted by atomic mass is 19.4. The average molecular weight is 426 g/mol. The largest absolute Gasteiger partial charge is 0.422 e. The molecular weight excluding hydrogens is 410 g/mol. The predicted octanol–water partition coefficient (Wildman–Crippen LogP) is 5.13. The summed E-state index contributed by atoms with van der Waals surface area (Å²) in [5.41, 5.74) is -2.69. The predicted molar refractivity (Wildman–Crippen MR) is 98.7 cm³/mol. The molecule has 0 bridgehead atoms. The van der Waals surface area contributed by atoms with Gasteiger partial charge in [-0.2, -0.15) is 26.3 Å². The first-order valence-electron chi connectivity index (χ1n) is 9.10. The molecule has 0 aliphatic carbocycles. The molecule has 4 rings (SSSR count). The van der Waals surface area contributed by atoms with E-state index in [4.69, 9.17) is 4.74 Å². The summed E-state index contributed by atoms with van der Waals surface area (Å²) in [6.07, 6.45) is -6.63. The van der Waals surface area contributed by atoms with Crippen molar-refractivity contribution in [3.05, 3.63) is 70.8 Å². The van der Waals surface area contributed by atoms with E-state index in [9.17, 15) is 26.3 Å². The third-order valence-corrected chi connectivity index (χ3v) is 5.23. The summed E-state index contributed by atoms with van der Waals surface area (Å²) in [5.74, 6) is 0. The maximum absolute atomic E-state index is 13.0. The lowest BCUT2D eigenvalue weighted by atomic mass is 9.96. The topological polar surface area (TPSA) is 34.0 Å². The van der Waals surface area contributed by atoms with E-state index in [1.54, 1.807) is 24.3 Å². The number of ether oxygens (including phenoxy) is 1. The van der Waals surface area contributed by atoms with E-state index >= 15 is 0 Å². The molecule has 158 valence electrons. The van der Waals surface area contributed by atoms with Gasteiger partial charge in [-0.1, -0.05) is 48.5 Å². The second kappa shape index (κ2) is 6.94. The van der Waals surface area contributed by atoms with E-state index in [1.165, 1.54) is 24.3 Å². The quantitative estimate of drug-likeness (QED) is 0.447. The third-order valence-electron chi connectivity index (χ3n) is 5.23. The normalized spacial score (nSPS) is 24.9. The molecule has 2 unspecified atom stereocenters. The summed E-state index contributed by atoms with van der Waals surface area (Å²) in [6.45, 7) is 0.529. The van der Waals surface area contributed by atoms with Crippen molar-refractivity contribution in [2.75, 3.05) is 6.61 Å². The smallest absolute Gasteiger partial charge is 0.376 e. The number of rotatable bonds is 7. The van der Waals surface area contributed by atoms with Crippen LogP contribution in [0.3, 0.4) is 0 Å². The van der Waals surface area contributed by atoms with Gasteiger partial charge in [-0.15, -0.1) is 0 Å². The number of benzene rings is 2. The molecule has 0 saturated heterocycles. The van der Waals surface area contributed by atoms with Gasteiger partial charge in [0.05, 0.1) is 13.2 Å². The molecule has 0 saturated carbocycles. The van der Waals surface area contributed by atoms with Crippen LogP contribution in [0.4, 0.5) is 26.3 Å². The van der Waals surface area contributed by atoms with Gasteiger partial charge >= 0.3 is 12.4 Å². The number of halogens is 6. The zero-order chi connectivity index (χ0) is 21.6. The van der Waals surface area contributed by atoms with E-state index in [1.807, 2.05) is 0 Å². The molecule has 0 N–H and O–H groups in total. The van der Waals surface area contributed by atoms with Crippen molar-refractivity contribution in [2.24, 2.45) is 9.98 Å². The molecule has 9 heteroatoms. The number of hydrogen-bond acceptors (Lipinski definition) is 3. The molecule has 0 fully saturated rings. The van der Waals surface area contributed by atoms with Gasteiger partial charge in [0.1, 0.15) is 0 Å². The summed E-state index contributed by atoms with van der Waals surface area (Å²) in [5, 5.41) is 0. The molecular formula is C21H16F6N2O. The van der Waals surface area contributed by atoms with Crippen LogP contribution in [-0.4, -0.2) is 31.4 Å². The zero-order valence-corrected chi connectivity index (χ0v) is 15.5. The Morgan fingerprint density at radius 3 is 1.43 bits per heavy atom. The van der Waals surface area contributed by atoms with Crippen LogP contribution in [-0.2, 0) is 28.8 Å². The van der Waals surface area contributed by atoms with Crippen LogP contribution in [0.1, 0.15) is 22.3 Å². The number of nitrogens with zero attached hydrogens (tertiary/aromatic N) is 2. The molecule has 30 heavy (non-hydrogen) atoms. The first-order valence-corrected chi connectivity index (χ1v) is 9.10. The molecule has 0 aromatic heterocycles. The van der Waals surface area contributed by atoms with Crippen molar-refractivity contribution < 1.29 is 31.1 Å². The first-order chi connectivity index (χ1) is 14.1. The van der Waals surface area contributed by atoms with Gasteiger partial charge in [-0.25, -0.2) is 0 Å². The van der Waals surface area contributed by atoms with Gasteiger partial charge in [-0.3, -0.25) is 9.98 Å². The standard InChI is InChI=1S/C21H16F6N2O/c22-20(23,24)18(12-28-18)16-5-1-14(2-6-16)9-10-30-11-15-3-7-17(8-4-15)19(13-29-19)21(25,26)27/h1-8,12-13H,9-11H2. The molecule has 2 atom stereocenters. The second-order valence-electron chi connectivity index (χ2n) is 7.24. The summed E-state index contributed by atoms with van der Waals surface area (Å²) in [6, 6.07) is 11.9.